The quantitative estimate of drug-likeness (QED) is 0.779. The van der Waals surface area contributed by atoms with Crippen LogP contribution >= 0.6 is 0 Å². The van der Waals surface area contributed by atoms with Crippen molar-refractivity contribution < 1.29 is 18.9 Å². The lowest BCUT2D eigenvalue weighted by Crippen LogP contribution is -2.52. The van der Waals surface area contributed by atoms with E-state index in [2.05, 4.69) is 20.8 Å². The molecule has 4 nitrogen and oxygen atoms in total. The lowest BCUT2D eigenvalue weighted by atomic mass is 9.89. The van der Waals surface area contributed by atoms with Gasteiger partial charge in [0.15, 0.2) is 12.1 Å². The molecule has 2 heterocycles. The molecule has 106 valence electrons. The molecule has 0 amide bonds. The molecule has 5 atom stereocenters. The number of fused-ring (bicyclic) bond motifs is 1. The van der Waals surface area contributed by atoms with Gasteiger partial charge in [-0.05, 0) is 26.2 Å². The predicted octanol–water partition coefficient (Wildman–Crippen LogP) is 2.56. The zero-order chi connectivity index (χ0) is 13.5. The predicted molar refractivity (Wildman–Crippen MR) is 68.1 cm³/mol. The van der Waals surface area contributed by atoms with Gasteiger partial charge in [0, 0.05) is 13.0 Å². The fourth-order valence-corrected chi connectivity index (χ4v) is 2.96. The van der Waals surface area contributed by atoms with Crippen LogP contribution in [0.4, 0.5) is 0 Å². The van der Waals surface area contributed by atoms with Crippen LogP contribution in [0.5, 0.6) is 0 Å². The Labute approximate surface area is 110 Å². The van der Waals surface area contributed by atoms with Gasteiger partial charge in [-0.15, -0.1) is 0 Å². The van der Waals surface area contributed by atoms with Crippen molar-refractivity contribution in [2.45, 2.75) is 71.4 Å². The van der Waals surface area contributed by atoms with Gasteiger partial charge in [-0.1, -0.05) is 20.8 Å². The molecule has 0 aromatic rings. The van der Waals surface area contributed by atoms with E-state index >= 15 is 0 Å². The lowest BCUT2D eigenvalue weighted by Gasteiger charge is -2.40. The van der Waals surface area contributed by atoms with E-state index in [9.17, 15) is 0 Å². The Bertz CT molecular complexity index is 290. The van der Waals surface area contributed by atoms with Crippen molar-refractivity contribution in [3.05, 3.63) is 0 Å². The smallest absolute Gasteiger partial charge is 0.163 e. The van der Waals surface area contributed by atoms with E-state index in [0.29, 0.717) is 5.92 Å². The van der Waals surface area contributed by atoms with Crippen molar-refractivity contribution in [3.63, 3.8) is 0 Å². The van der Waals surface area contributed by atoms with Crippen LogP contribution in [-0.2, 0) is 18.9 Å². The highest BCUT2D eigenvalue weighted by molar-refractivity contribution is 4.95. The zero-order valence-corrected chi connectivity index (χ0v) is 12.3. The van der Waals surface area contributed by atoms with Gasteiger partial charge in [-0.25, -0.2) is 0 Å². The molecule has 2 fully saturated rings. The molecule has 0 radical (unpaired) electrons. The van der Waals surface area contributed by atoms with Gasteiger partial charge in [0.1, 0.15) is 6.10 Å². The molecule has 18 heavy (non-hydrogen) atoms. The minimum Gasteiger partial charge on any atom is -0.355 e. The molecule has 0 bridgehead atoms. The summed E-state index contributed by atoms with van der Waals surface area (Å²) in [5, 5.41) is 0. The van der Waals surface area contributed by atoms with Crippen LogP contribution in [0.1, 0.15) is 41.0 Å². The van der Waals surface area contributed by atoms with Gasteiger partial charge >= 0.3 is 0 Å². The van der Waals surface area contributed by atoms with Crippen molar-refractivity contribution in [2.24, 2.45) is 11.8 Å². The molecule has 0 aromatic carbocycles. The highest BCUT2D eigenvalue weighted by Gasteiger charge is 2.53. The van der Waals surface area contributed by atoms with E-state index in [1.165, 1.54) is 0 Å². The second kappa shape index (κ2) is 5.08. The molecule has 0 aromatic heterocycles. The Morgan fingerprint density at radius 3 is 2.33 bits per heavy atom. The molecule has 4 heteroatoms. The summed E-state index contributed by atoms with van der Waals surface area (Å²) in [5.41, 5.74) is 0. The number of ether oxygens (including phenoxy) is 4. The maximum Gasteiger partial charge on any atom is 0.163 e. The Morgan fingerprint density at radius 2 is 1.78 bits per heavy atom. The van der Waals surface area contributed by atoms with Crippen molar-refractivity contribution in [1.29, 1.82) is 0 Å². The molecule has 0 saturated carbocycles. The molecule has 2 aliphatic heterocycles. The van der Waals surface area contributed by atoms with Gasteiger partial charge in [0.25, 0.3) is 0 Å². The first kappa shape index (κ1) is 14.3. The van der Waals surface area contributed by atoms with Crippen molar-refractivity contribution in [3.8, 4) is 0 Å². The summed E-state index contributed by atoms with van der Waals surface area (Å²) < 4.78 is 23.5. The second-order valence-electron chi connectivity index (χ2n) is 6.33. The molecular formula is C14H26O4. The largest absolute Gasteiger partial charge is 0.355 e. The number of methoxy groups -OCH3 is 1. The second-order valence-corrected chi connectivity index (χ2v) is 6.33. The van der Waals surface area contributed by atoms with Crippen molar-refractivity contribution >= 4 is 0 Å². The van der Waals surface area contributed by atoms with Crippen LogP contribution in [0.2, 0.25) is 0 Å². The summed E-state index contributed by atoms with van der Waals surface area (Å²) in [6, 6.07) is 0. The van der Waals surface area contributed by atoms with E-state index in [1.807, 2.05) is 13.8 Å². The Morgan fingerprint density at radius 1 is 1.17 bits per heavy atom. The van der Waals surface area contributed by atoms with Crippen LogP contribution in [-0.4, -0.2) is 37.5 Å². The molecule has 0 aliphatic carbocycles. The van der Waals surface area contributed by atoms with Crippen molar-refractivity contribution in [2.75, 3.05) is 7.11 Å². The third-order valence-corrected chi connectivity index (χ3v) is 3.72. The Balaban J connectivity index is 2.16. The van der Waals surface area contributed by atoms with Gasteiger partial charge in [-0.3, -0.25) is 0 Å². The minimum absolute atomic E-state index is 0.0174. The molecule has 0 N–H and O–H groups in total. The standard InChI is InChI=1S/C14H26O4/c1-8(2)7-10-12-11(17-14(4,5)18-12)9(3)13(15-6)16-10/h8-13H,7H2,1-6H3/t9?,10-,11-,12+,13+/m1/s1. The van der Waals surface area contributed by atoms with E-state index < -0.39 is 5.79 Å². The van der Waals surface area contributed by atoms with Crippen LogP contribution in [0, 0.1) is 11.8 Å². The summed E-state index contributed by atoms with van der Waals surface area (Å²) >= 11 is 0. The number of hydrogen-bond donors (Lipinski definition) is 0. The molecule has 1 unspecified atom stereocenters. The van der Waals surface area contributed by atoms with E-state index in [4.69, 9.17) is 18.9 Å². The summed E-state index contributed by atoms with van der Waals surface area (Å²) in [5.74, 6) is 0.226. The van der Waals surface area contributed by atoms with Crippen molar-refractivity contribution in [1.82, 2.24) is 0 Å². The van der Waals surface area contributed by atoms with E-state index in [0.717, 1.165) is 6.42 Å². The number of rotatable bonds is 3. The molecule has 2 rings (SSSR count). The van der Waals surface area contributed by atoms with E-state index in [1.54, 1.807) is 7.11 Å². The summed E-state index contributed by atoms with van der Waals surface area (Å²) in [4.78, 5) is 0. The summed E-state index contributed by atoms with van der Waals surface area (Å²) in [6.45, 7) is 10.4. The maximum absolute atomic E-state index is 6.04. The first-order valence-electron chi connectivity index (χ1n) is 6.88. The van der Waals surface area contributed by atoms with E-state index in [-0.39, 0.29) is 30.5 Å². The highest BCUT2D eigenvalue weighted by Crippen LogP contribution is 2.41. The minimum atomic E-state index is -0.523. The first-order valence-corrected chi connectivity index (χ1v) is 6.88. The third-order valence-electron chi connectivity index (χ3n) is 3.72. The third kappa shape index (κ3) is 2.72. The Hall–Kier alpha value is -0.160. The average Bonchev–Trinajstić information content (AvgIpc) is 2.58. The lowest BCUT2D eigenvalue weighted by molar-refractivity contribution is -0.249. The molecule has 0 spiro atoms. The highest BCUT2D eigenvalue weighted by atomic mass is 16.8. The topological polar surface area (TPSA) is 36.9 Å². The summed E-state index contributed by atoms with van der Waals surface area (Å²) in [6.07, 6.45) is 0.893. The van der Waals surface area contributed by atoms with Gasteiger partial charge in [0.05, 0.1) is 12.2 Å². The maximum atomic E-state index is 6.04. The van der Waals surface area contributed by atoms with Gasteiger partial charge in [-0.2, -0.15) is 0 Å². The fourth-order valence-electron chi connectivity index (χ4n) is 2.96. The van der Waals surface area contributed by atoms with Gasteiger partial charge in [0.2, 0.25) is 0 Å². The average molecular weight is 258 g/mol. The monoisotopic (exact) mass is 258 g/mol. The van der Waals surface area contributed by atoms with Gasteiger partial charge < -0.3 is 18.9 Å². The number of hydrogen-bond acceptors (Lipinski definition) is 4. The molecular weight excluding hydrogens is 232 g/mol. The normalized spacial score (nSPS) is 43.2. The SMILES string of the molecule is CO[C@H]1O[C@H](CC(C)C)[C@@H]2OC(C)(C)O[C@@H]2C1C. The summed E-state index contributed by atoms with van der Waals surface area (Å²) in [7, 11) is 1.69. The van der Waals surface area contributed by atoms with Crippen LogP contribution in [0.3, 0.4) is 0 Å². The van der Waals surface area contributed by atoms with Crippen LogP contribution in [0.15, 0.2) is 0 Å². The van der Waals surface area contributed by atoms with Crippen LogP contribution in [0.25, 0.3) is 0 Å². The van der Waals surface area contributed by atoms with Crippen LogP contribution < -0.4 is 0 Å². The molecule has 2 aliphatic rings. The first-order chi connectivity index (χ1) is 8.34. The zero-order valence-electron chi connectivity index (χ0n) is 12.3. The Kier molecular flexibility index (Phi) is 4.02. The fraction of sp³-hybridized carbons (Fsp3) is 1.00. The molecule has 2 saturated heterocycles.